The minimum absolute atomic E-state index is 0.513. The predicted molar refractivity (Wildman–Crippen MR) is 76.7 cm³/mol. The molecule has 0 radical (unpaired) electrons. The lowest BCUT2D eigenvalue weighted by Gasteiger charge is -2.01. The molecule has 0 aliphatic heterocycles. The van der Waals surface area contributed by atoms with Gasteiger partial charge in [0.05, 0.1) is 21.9 Å². The third-order valence-corrected chi connectivity index (χ3v) is 3.89. The molecule has 1 N–H and O–H groups in total. The molecular weight excluding hydrogens is 275 g/mol. The molecule has 1 heterocycles. The number of thiophene rings is 1. The lowest BCUT2D eigenvalue weighted by atomic mass is 10.3. The van der Waals surface area contributed by atoms with E-state index in [4.69, 9.17) is 23.2 Å². The maximum absolute atomic E-state index is 5.90. The molecule has 0 spiro atoms. The van der Waals surface area contributed by atoms with Gasteiger partial charge >= 0.3 is 0 Å². The summed E-state index contributed by atoms with van der Waals surface area (Å²) in [6.07, 6.45) is 1.79. The van der Waals surface area contributed by atoms with Crippen LogP contribution >= 0.6 is 34.5 Å². The largest absolute Gasteiger partial charge is 0.278 e. The molecule has 0 unspecified atom stereocenters. The topological polar surface area (TPSA) is 24.4 Å². The normalized spacial score (nSPS) is 11.0. The van der Waals surface area contributed by atoms with Crippen LogP contribution in [0.15, 0.2) is 34.7 Å². The molecule has 0 aliphatic rings. The van der Waals surface area contributed by atoms with Gasteiger partial charge in [-0.15, -0.1) is 11.3 Å². The van der Waals surface area contributed by atoms with E-state index in [-0.39, 0.29) is 0 Å². The van der Waals surface area contributed by atoms with E-state index in [0.717, 1.165) is 10.6 Å². The van der Waals surface area contributed by atoms with E-state index in [2.05, 4.69) is 23.5 Å². The van der Waals surface area contributed by atoms with Gasteiger partial charge < -0.3 is 0 Å². The van der Waals surface area contributed by atoms with Crippen LogP contribution in [0.3, 0.4) is 0 Å². The van der Waals surface area contributed by atoms with E-state index in [1.807, 2.05) is 11.4 Å². The molecule has 0 bridgehead atoms. The van der Waals surface area contributed by atoms with Crippen LogP contribution in [0.1, 0.15) is 10.4 Å². The Morgan fingerprint density at radius 2 is 2.06 bits per heavy atom. The highest BCUT2D eigenvalue weighted by Gasteiger charge is 1.98. The first-order chi connectivity index (χ1) is 8.16. The lowest BCUT2D eigenvalue weighted by Crippen LogP contribution is -1.90. The van der Waals surface area contributed by atoms with Gasteiger partial charge in [-0.1, -0.05) is 23.2 Å². The Morgan fingerprint density at radius 1 is 1.24 bits per heavy atom. The minimum Gasteiger partial charge on any atom is -0.278 e. The fourth-order valence-electron chi connectivity index (χ4n) is 1.25. The predicted octanol–water partition coefficient (Wildman–Crippen LogP) is 4.81. The zero-order valence-corrected chi connectivity index (χ0v) is 11.4. The highest BCUT2D eigenvalue weighted by atomic mass is 35.5. The summed E-state index contributed by atoms with van der Waals surface area (Å²) in [5, 5.41) is 7.24. The first kappa shape index (κ1) is 12.4. The van der Waals surface area contributed by atoms with E-state index in [1.54, 1.807) is 29.7 Å². The van der Waals surface area contributed by atoms with Crippen LogP contribution in [0.2, 0.25) is 10.0 Å². The maximum Gasteiger partial charge on any atom is 0.0647 e. The molecule has 0 amide bonds. The summed E-state index contributed by atoms with van der Waals surface area (Å²) >= 11 is 13.4. The van der Waals surface area contributed by atoms with E-state index in [9.17, 15) is 0 Å². The number of nitrogens with one attached hydrogen (secondary N) is 1. The number of hydrogen-bond donors (Lipinski definition) is 1. The van der Waals surface area contributed by atoms with Crippen molar-refractivity contribution in [3.05, 3.63) is 50.1 Å². The SMILES string of the molecule is Cc1ccsc1/C=N\Nc1ccc(Cl)c(Cl)c1. The van der Waals surface area contributed by atoms with Gasteiger partial charge in [0.15, 0.2) is 0 Å². The summed E-state index contributed by atoms with van der Waals surface area (Å²) in [4.78, 5) is 1.14. The quantitative estimate of drug-likeness (QED) is 0.635. The number of rotatable bonds is 3. The average Bonchev–Trinajstić information content (AvgIpc) is 2.70. The van der Waals surface area contributed by atoms with Crippen LogP contribution in [-0.4, -0.2) is 6.21 Å². The van der Waals surface area contributed by atoms with Crippen molar-refractivity contribution in [2.24, 2.45) is 5.10 Å². The van der Waals surface area contributed by atoms with Crippen LogP contribution in [0, 0.1) is 6.92 Å². The molecule has 1 aromatic heterocycles. The van der Waals surface area contributed by atoms with Gasteiger partial charge in [0.1, 0.15) is 0 Å². The van der Waals surface area contributed by atoms with Crippen molar-refractivity contribution in [1.29, 1.82) is 0 Å². The molecule has 2 rings (SSSR count). The van der Waals surface area contributed by atoms with Crippen LogP contribution in [-0.2, 0) is 0 Å². The number of aryl methyl sites for hydroxylation is 1. The first-order valence-electron chi connectivity index (χ1n) is 4.95. The number of hydrogen-bond acceptors (Lipinski definition) is 3. The van der Waals surface area contributed by atoms with Gasteiger partial charge in [-0.2, -0.15) is 5.10 Å². The monoisotopic (exact) mass is 284 g/mol. The molecule has 0 fully saturated rings. The van der Waals surface area contributed by atoms with E-state index < -0.39 is 0 Å². The number of anilines is 1. The lowest BCUT2D eigenvalue weighted by molar-refractivity contribution is 1.35. The standard InChI is InChI=1S/C12H10Cl2N2S/c1-8-4-5-17-12(8)7-15-16-9-2-3-10(13)11(14)6-9/h2-7,16H,1H3/b15-7-. The average molecular weight is 285 g/mol. The molecule has 5 heteroatoms. The molecule has 0 atom stereocenters. The summed E-state index contributed by atoms with van der Waals surface area (Å²) in [5.41, 5.74) is 4.94. The zero-order chi connectivity index (χ0) is 12.3. The molecule has 2 aromatic rings. The van der Waals surface area contributed by atoms with Gasteiger partial charge in [-0.25, -0.2) is 0 Å². The number of nitrogens with zero attached hydrogens (tertiary/aromatic N) is 1. The highest BCUT2D eigenvalue weighted by Crippen LogP contribution is 2.25. The third kappa shape index (κ3) is 3.22. The fraction of sp³-hybridized carbons (Fsp3) is 0.0833. The second-order valence-electron chi connectivity index (χ2n) is 3.47. The van der Waals surface area contributed by atoms with Gasteiger partial charge in [0, 0.05) is 4.88 Å². The maximum atomic E-state index is 5.90. The van der Waals surface area contributed by atoms with E-state index in [1.165, 1.54) is 5.56 Å². The summed E-state index contributed by atoms with van der Waals surface area (Å²) in [6, 6.07) is 7.36. The Bertz CT molecular complexity index is 549. The fourth-order valence-corrected chi connectivity index (χ4v) is 2.33. The molecule has 0 saturated carbocycles. The van der Waals surface area contributed by atoms with Crippen molar-refractivity contribution in [2.75, 3.05) is 5.43 Å². The molecule has 2 nitrogen and oxygen atoms in total. The number of hydrazone groups is 1. The molecule has 0 saturated heterocycles. The highest BCUT2D eigenvalue weighted by molar-refractivity contribution is 7.11. The zero-order valence-electron chi connectivity index (χ0n) is 9.08. The van der Waals surface area contributed by atoms with Crippen LogP contribution < -0.4 is 5.43 Å². The Morgan fingerprint density at radius 3 is 2.71 bits per heavy atom. The van der Waals surface area contributed by atoms with Crippen molar-refractivity contribution >= 4 is 46.4 Å². The van der Waals surface area contributed by atoms with Crippen LogP contribution in [0.25, 0.3) is 0 Å². The smallest absolute Gasteiger partial charge is 0.0647 e. The summed E-state index contributed by atoms with van der Waals surface area (Å²) in [6.45, 7) is 2.05. The molecule has 0 aliphatic carbocycles. The molecule has 88 valence electrons. The van der Waals surface area contributed by atoms with Gasteiger partial charge in [-0.05, 0) is 42.1 Å². The van der Waals surface area contributed by atoms with Crippen molar-refractivity contribution in [1.82, 2.24) is 0 Å². The third-order valence-electron chi connectivity index (χ3n) is 2.20. The van der Waals surface area contributed by atoms with E-state index in [0.29, 0.717) is 10.0 Å². The minimum atomic E-state index is 0.513. The Labute approximate surface area is 114 Å². The number of halogens is 2. The Kier molecular flexibility index (Phi) is 4.05. The van der Waals surface area contributed by atoms with Gasteiger partial charge in [0.2, 0.25) is 0 Å². The number of benzene rings is 1. The Balaban J connectivity index is 2.05. The second kappa shape index (κ2) is 5.54. The van der Waals surface area contributed by atoms with Crippen molar-refractivity contribution in [2.45, 2.75) is 6.92 Å². The van der Waals surface area contributed by atoms with Crippen molar-refractivity contribution in [3.63, 3.8) is 0 Å². The van der Waals surface area contributed by atoms with Gasteiger partial charge in [0.25, 0.3) is 0 Å². The van der Waals surface area contributed by atoms with Gasteiger partial charge in [-0.3, -0.25) is 5.43 Å². The summed E-state index contributed by atoms with van der Waals surface area (Å²) in [7, 11) is 0. The van der Waals surface area contributed by atoms with Crippen LogP contribution in [0.4, 0.5) is 5.69 Å². The first-order valence-corrected chi connectivity index (χ1v) is 6.58. The van der Waals surface area contributed by atoms with E-state index >= 15 is 0 Å². The van der Waals surface area contributed by atoms with Crippen molar-refractivity contribution in [3.8, 4) is 0 Å². The molecule has 1 aromatic carbocycles. The van der Waals surface area contributed by atoms with Crippen LogP contribution in [0.5, 0.6) is 0 Å². The second-order valence-corrected chi connectivity index (χ2v) is 5.23. The molecule has 17 heavy (non-hydrogen) atoms. The Hall–Kier alpha value is -1.03. The summed E-state index contributed by atoms with van der Waals surface area (Å²) in [5.74, 6) is 0. The summed E-state index contributed by atoms with van der Waals surface area (Å²) < 4.78 is 0. The molecular formula is C12H10Cl2N2S. The van der Waals surface area contributed by atoms with Crippen molar-refractivity contribution < 1.29 is 0 Å².